The minimum atomic E-state index is -0.280. The molecule has 80 valence electrons. The van der Waals surface area contributed by atoms with Crippen LogP contribution in [0.2, 0.25) is 0 Å². The normalized spacial score (nSPS) is 11.2. The van der Waals surface area contributed by atoms with Crippen molar-refractivity contribution in [2.75, 3.05) is 0 Å². The van der Waals surface area contributed by atoms with Crippen LogP contribution in [0.4, 0.5) is 0 Å². The predicted octanol–water partition coefficient (Wildman–Crippen LogP) is 3.55. The molecule has 2 heteroatoms. The monoisotopic (exact) mass is 204 g/mol. The molecule has 1 aromatic rings. The lowest BCUT2D eigenvalue weighted by molar-refractivity contribution is 0.0615. The van der Waals surface area contributed by atoms with Gasteiger partial charge in [-0.15, -0.1) is 0 Å². The summed E-state index contributed by atoms with van der Waals surface area (Å²) < 4.78 is 5.25. The van der Waals surface area contributed by atoms with Crippen LogP contribution in [0.1, 0.15) is 37.0 Å². The van der Waals surface area contributed by atoms with Gasteiger partial charge in [-0.1, -0.05) is 32.0 Å². The Labute approximate surface area is 90.6 Å². The van der Waals surface area contributed by atoms with Gasteiger partial charge in [0.25, 0.3) is 0 Å². The highest BCUT2D eigenvalue weighted by Crippen LogP contribution is 2.09. The summed E-state index contributed by atoms with van der Waals surface area (Å²) in [6.07, 6.45) is 3.55. The molecule has 15 heavy (non-hydrogen) atoms. The smallest absolute Gasteiger partial charge is 0.343 e. The van der Waals surface area contributed by atoms with Crippen molar-refractivity contribution >= 4 is 5.97 Å². The van der Waals surface area contributed by atoms with Crippen molar-refractivity contribution < 1.29 is 9.53 Å². The molecule has 0 saturated heterocycles. The Kier molecular flexibility index (Phi) is 4.61. The first-order valence-electron chi connectivity index (χ1n) is 5.24. The summed E-state index contributed by atoms with van der Waals surface area (Å²) in [6, 6.07) is 9.03. The fourth-order valence-corrected chi connectivity index (χ4v) is 1.24. The molecule has 0 spiro atoms. The number of carbonyl (C=O) groups is 1. The number of ether oxygens (including phenoxy) is 1. The maximum Gasteiger partial charge on any atom is 0.343 e. The summed E-state index contributed by atoms with van der Waals surface area (Å²) in [7, 11) is 0. The van der Waals surface area contributed by atoms with Gasteiger partial charge in [-0.3, -0.25) is 0 Å². The average molecular weight is 204 g/mol. The first-order valence-corrected chi connectivity index (χ1v) is 5.24. The summed E-state index contributed by atoms with van der Waals surface area (Å²) in [5, 5.41) is 0. The van der Waals surface area contributed by atoms with Crippen LogP contribution in [-0.4, -0.2) is 5.97 Å². The van der Waals surface area contributed by atoms with Gasteiger partial charge < -0.3 is 4.74 Å². The molecule has 0 aliphatic carbocycles. The zero-order chi connectivity index (χ0) is 11.1. The topological polar surface area (TPSA) is 26.3 Å². The van der Waals surface area contributed by atoms with Crippen LogP contribution in [0, 0.1) is 0 Å². The van der Waals surface area contributed by atoms with Crippen molar-refractivity contribution in [3.05, 3.63) is 47.7 Å². The van der Waals surface area contributed by atoms with Gasteiger partial charge in [-0.2, -0.15) is 0 Å². The summed E-state index contributed by atoms with van der Waals surface area (Å²) in [6.45, 7) is 3.99. The van der Waals surface area contributed by atoms with Crippen molar-refractivity contribution in [3.8, 4) is 0 Å². The SMILES string of the molecule is CC/C=C(\CC)OC(=O)c1ccccc1. The highest BCUT2D eigenvalue weighted by Gasteiger charge is 2.07. The molecule has 0 fully saturated rings. The number of hydrogen-bond acceptors (Lipinski definition) is 2. The Bertz CT molecular complexity index is 339. The van der Waals surface area contributed by atoms with E-state index >= 15 is 0 Å². The van der Waals surface area contributed by atoms with Gasteiger partial charge in [0.2, 0.25) is 0 Å². The first kappa shape index (κ1) is 11.5. The second kappa shape index (κ2) is 6.02. The third-order valence-corrected chi connectivity index (χ3v) is 2.01. The van der Waals surface area contributed by atoms with Gasteiger partial charge in [0, 0.05) is 6.42 Å². The average Bonchev–Trinajstić information content (AvgIpc) is 2.29. The first-order chi connectivity index (χ1) is 7.27. The van der Waals surface area contributed by atoms with Gasteiger partial charge in [-0.25, -0.2) is 4.79 Å². The molecule has 0 saturated carbocycles. The molecule has 0 aromatic heterocycles. The van der Waals surface area contributed by atoms with E-state index in [0.29, 0.717) is 5.56 Å². The van der Waals surface area contributed by atoms with Crippen molar-refractivity contribution in [2.45, 2.75) is 26.7 Å². The Morgan fingerprint density at radius 1 is 1.27 bits per heavy atom. The molecule has 2 nitrogen and oxygen atoms in total. The number of allylic oxidation sites excluding steroid dienone is 2. The number of esters is 1. The maximum absolute atomic E-state index is 11.6. The van der Waals surface area contributed by atoms with E-state index in [1.807, 2.05) is 38.1 Å². The van der Waals surface area contributed by atoms with Gasteiger partial charge in [-0.05, 0) is 24.6 Å². The highest BCUT2D eigenvalue weighted by atomic mass is 16.5. The van der Waals surface area contributed by atoms with Crippen LogP contribution in [0.3, 0.4) is 0 Å². The Morgan fingerprint density at radius 2 is 1.93 bits per heavy atom. The molecule has 0 amide bonds. The van der Waals surface area contributed by atoms with Crippen molar-refractivity contribution in [3.63, 3.8) is 0 Å². The Morgan fingerprint density at radius 3 is 2.47 bits per heavy atom. The van der Waals surface area contributed by atoms with Crippen LogP contribution >= 0.6 is 0 Å². The molecular weight excluding hydrogens is 188 g/mol. The molecule has 0 aliphatic heterocycles. The summed E-state index contributed by atoms with van der Waals surface area (Å²) in [4.78, 5) is 11.6. The highest BCUT2D eigenvalue weighted by molar-refractivity contribution is 5.89. The number of benzene rings is 1. The second-order valence-electron chi connectivity index (χ2n) is 3.19. The lowest BCUT2D eigenvalue weighted by atomic mass is 10.2. The quantitative estimate of drug-likeness (QED) is 0.553. The van der Waals surface area contributed by atoms with E-state index in [0.717, 1.165) is 18.6 Å². The van der Waals surface area contributed by atoms with E-state index in [1.54, 1.807) is 12.1 Å². The zero-order valence-corrected chi connectivity index (χ0v) is 9.19. The van der Waals surface area contributed by atoms with Gasteiger partial charge in [0.05, 0.1) is 5.56 Å². The maximum atomic E-state index is 11.6. The van der Waals surface area contributed by atoms with Crippen LogP contribution in [0.15, 0.2) is 42.2 Å². The molecule has 0 unspecified atom stereocenters. The minimum Gasteiger partial charge on any atom is -0.428 e. The molecular formula is C13H16O2. The second-order valence-corrected chi connectivity index (χ2v) is 3.19. The molecule has 0 bridgehead atoms. The van der Waals surface area contributed by atoms with Crippen LogP contribution in [-0.2, 0) is 4.74 Å². The lowest BCUT2D eigenvalue weighted by Crippen LogP contribution is -2.04. The molecule has 1 aromatic carbocycles. The summed E-state index contributed by atoms with van der Waals surface area (Å²) in [5.74, 6) is 0.462. The van der Waals surface area contributed by atoms with E-state index in [-0.39, 0.29) is 5.97 Å². The molecule has 1 rings (SSSR count). The standard InChI is InChI=1S/C13H16O2/c1-3-8-12(4-2)15-13(14)11-9-6-5-7-10-11/h5-10H,3-4H2,1-2H3/b12-8+. The molecule has 0 heterocycles. The van der Waals surface area contributed by atoms with Gasteiger partial charge in [0.1, 0.15) is 5.76 Å². The molecule has 0 radical (unpaired) electrons. The van der Waals surface area contributed by atoms with Crippen LogP contribution < -0.4 is 0 Å². The Balaban J connectivity index is 2.67. The van der Waals surface area contributed by atoms with E-state index < -0.39 is 0 Å². The van der Waals surface area contributed by atoms with E-state index in [4.69, 9.17) is 4.74 Å². The fourth-order valence-electron chi connectivity index (χ4n) is 1.24. The number of carbonyl (C=O) groups excluding carboxylic acids is 1. The third kappa shape index (κ3) is 3.58. The molecule has 0 N–H and O–H groups in total. The molecule has 0 atom stereocenters. The van der Waals surface area contributed by atoms with Crippen LogP contribution in [0.5, 0.6) is 0 Å². The van der Waals surface area contributed by atoms with Crippen molar-refractivity contribution in [1.82, 2.24) is 0 Å². The largest absolute Gasteiger partial charge is 0.428 e. The van der Waals surface area contributed by atoms with E-state index in [1.165, 1.54) is 0 Å². The third-order valence-electron chi connectivity index (χ3n) is 2.01. The minimum absolute atomic E-state index is 0.280. The van der Waals surface area contributed by atoms with Gasteiger partial charge >= 0.3 is 5.97 Å². The predicted molar refractivity (Wildman–Crippen MR) is 60.5 cm³/mol. The van der Waals surface area contributed by atoms with Gasteiger partial charge in [0.15, 0.2) is 0 Å². The summed E-state index contributed by atoms with van der Waals surface area (Å²) in [5.41, 5.74) is 0.591. The summed E-state index contributed by atoms with van der Waals surface area (Å²) >= 11 is 0. The van der Waals surface area contributed by atoms with Crippen LogP contribution in [0.25, 0.3) is 0 Å². The number of hydrogen-bond donors (Lipinski definition) is 0. The molecule has 0 aliphatic rings. The number of rotatable bonds is 4. The Hall–Kier alpha value is -1.57. The zero-order valence-electron chi connectivity index (χ0n) is 9.19. The van der Waals surface area contributed by atoms with E-state index in [9.17, 15) is 4.79 Å². The van der Waals surface area contributed by atoms with Crippen molar-refractivity contribution in [2.24, 2.45) is 0 Å². The van der Waals surface area contributed by atoms with Crippen molar-refractivity contribution in [1.29, 1.82) is 0 Å². The lowest BCUT2D eigenvalue weighted by Gasteiger charge is -2.06. The fraction of sp³-hybridized carbons (Fsp3) is 0.308. The van der Waals surface area contributed by atoms with E-state index in [2.05, 4.69) is 0 Å².